The smallest absolute Gasteiger partial charge is 0.338 e. The van der Waals surface area contributed by atoms with Crippen molar-refractivity contribution < 1.29 is 24.1 Å². The molecule has 6 heteroatoms. The van der Waals surface area contributed by atoms with Crippen LogP contribution < -0.4 is 5.73 Å². The number of anilines is 1. The molecule has 6 nitrogen and oxygen atoms in total. The highest BCUT2D eigenvalue weighted by Gasteiger charge is 2.13. The van der Waals surface area contributed by atoms with Crippen LogP contribution in [0.4, 0.5) is 5.69 Å². The van der Waals surface area contributed by atoms with Crippen LogP contribution in [-0.4, -0.2) is 44.6 Å². The highest BCUT2D eigenvalue weighted by Crippen LogP contribution is 2.17. The first kappa shape index (κ1) is 15.4. The summed E-state index contributed by atoms with van der Waals surface area (Å²) in [4.78, 5) is 11.1. The van der Waals surface area contributed by atoms with Crippen LogP contribution >= 0.6 is 0 Å². The first-order valence-electron chi connectivity index (χ1n) is 5.92. The van der Waals surface area contributed by atoms with Gasteiger partial charge in [-0.05, 0) is 11.6 Å². The van der Waals surface area contributed by atoms with E-state index in [4.69, 9.17) is 25.1 Å². The van der Waals surface area contributed by atoms with Crippen LogP contribution in [0.2, 0.25) is 0 Å². The van der Waals surface area contributed by atoms with E-state index in [9.17, 15) is 4.79 Å². The maximum absolute atomic E-state index is 11.1. The van der Waals surface area contributed by atoms with Crippen LogP contribution in [0, 0.1) is 0 Å². The molecule has 0 amide bonds. The van der Waals surface area contributed by atoms with Crippen molar-refractivity contribution in [3.05, 3.63) is 29.3 Å². The van der Waals surface area contributed by atoms with Crippen molar-refractivity contribution in [3.63, 3.8) is 0 Å². The molecule has 0 radical (unpaired) electrons. The molecule has 1 aromatic carbocycles. The Kier molecular flexibility index (Phi) is 6.88. The molecule has 0 spiro atoms. The van der Waals surface area contributed by atoms with E-state index in [-0.39, 0.29) is 17.9 Å². The minimum absolute atomic E-state index is 0.0998. The summed E-state index contributed by atoms with van der Waals surface area (Å²) in [5.74, 6) is -1.05. The third-order valence-electron chi connectivity index (χ3n) is 2.46. The molecule has 0 fully saturated rings. The van der Waals surface area contributed by atoms with Gasteiger partial charge in [-0.1, -0.05) is 12.1 Å². The highest BCUT2D eigenvalue weighted by atomic mass is 16.5. The van der Waals surface area contributed by atoms with Gasteiger partial charge >= 0.3 is 5.97 Å². The molecule has 0 atom stereocenters. The van der Waals surface area contributed by atoms with E-state index in [1.54, 1.807) is 25.3 Å². The molecule has 1 rings (SSSR count). The van der Waals surface area contributed by atoms with E-state index in [1.807, 2.05) is 0 Å². The third kappa shape index (κ3) is 5.25. The summed E-state index contributed by atoms with van der Waals surface area (Å²) in [5, 5.41) is 9.07. The Morgan fingerprint density at radius 1 is 1.21 bits per heavy atom. The van der Waals surface area contributed by atoms with Crippen molar-refractivity contribution in [2.75, 3.05) is 39.3 Å². The lowest BCUT2D eigenvalue weighted by atomic mass is 10.1. The Bertz CT molecular complexity index is 408. The van der Waals surface area contributed by atoms with Gasteiger partial charge in [0.15, 0.2) is 0 Å². The number of nitrogen functional groups attached to an aromatic ring is 1. The molecule has 0 aliphatic heterocycles. The maximum Gasteiger partial charge on any atom is 0.338 e. The number of hydrogen-bond donors (Lipinski definition) is 2. The van der Waals surface area contributed by atoms with Gasteiger partial charge in [0.05, 0.1) is 38.6 Å². The van der Waals surface area contributed by atoms with Gasteiger partial charge in [0, 0.05) is 12.8 Å². The number of carboxylic acid groups (broad SMARTS) is 1. The van der Waals surface area contributed by atoms with Crippen LogP contribution in [0.1, 0.15) is 15.9 Å². The van der Waals surface area contributed by atoms with E-state index in [0.717, 1.165) is 0 Å². The lowest BCUT2D eigenvalue weighted by Gasteiger charge is -2.09. The van der Waals surface area contributed by atoms with Crippen molar-refractivity contribution in [1.82, 2.24) is 0 Å². The fourth-order valence-corrected chi connectivity index (χ4v) is 1.55. The average molecular weight is 269 g/mol. The predicted octanol–water partition coefficient (Wildman–Crippen LogP) is 1.15. The Hall–Kier alpha value is -1.63. The third-order valence-corrected chi connectivity index (χ3v) is 2.46. The van der Waals surface area contributed by atoms with Gasteiger partial charge in [-0.25, -0.2) is 4.79 Å². The van der Waals surface area contributed by atoms with Gasteiger partial charge < -0.3 is 25.1 Å². The van der Waals surface area contributed by atoms with E-state index in [2.05, 4.69) is 0 Å². The minimum atomic E-state index is -1.05. The number of hydrogen-bond acceptors (Lipinski definition) is 5. The van der Waals surface area contributed by atoms with Crippen LogP contribution in [0.15, 0.2) is 18.2 Å². The molecule has 0 aliphatic carbocycles. The number of ether oxygens (including phenoxy) is 3. The fourth-order valence-electron chi connectivity index (χ4n) is 1.55. The number of benzene rings is 1. The monoisotopic (exact) mass is 269 g/mol. The average Bonchev–Trinajstić information content (AvgIpc) is 2.37. The van der Waals surface area contributed by atoms with Crippen molar-refractivity contribution >= 4 is 11.7 Å². The molecular formula is C13H19NO5. The Balaban J connectivity index is 2.37. The van der Waals surface area contributed by atoms with Crippen LogP contribution in [0.3, 0.4) is 0 Å². The van der Waals surface area contributed by atoms with Gasteiger partial charge in [0.2, 0.25) is 0 Å². The lowest BCUT2D eigenvalue weighted by Crippen LogP contribution is -2.11. The predicted molar refractivity (Wildman–Crippen MR) is 70.2 cm³/mol. The summed E-state index contributed by atoms with van der Waals surface area (Å²) in [5.41, 5.74) is 6.53. The zero-order chi connectivity index (χ0) is 14.1. The summed E-state index contributed by atoms with van der Waals surface area (Å²) in [6.45, 7) is 2.07. The van der Waals surface area contributed by atoms with Crippen molar-refractivity contribution in [3.8, 4) is 0 Å². The second kappa shape index (κ2) is 8.47. The summed E-state index contributed by atoms with van der Waals surface area (Å²) in [6.07, 6.45) is 0. The molecule has 0 unspecified atom stereocenters. The molecule has 0 bridgehead atoms. The zero-order valence-corrected chi connectivity index (χ0v) is 10.9. The number of carboxylic acids is 1. The molecule has 1 aromatic rings. The first-order chi connectivity index (χ1) is 9.16. The molecule has 0 aliphatic rings. The molecule has 0 saturated heterocycles. The van der Waals surface area contributed by atoms with E-state index in [1.165, 1.54) is 0 Å². The molecule has 0 saturated carbocycles. The molecule has 106 valence electrons. The Morgan fingerprint density at radius 2 is 1.89 bits per heavy atom. The second-order valence-electron chi connectivity index (χ2n) is 3.84. The largest absolute Gasteiger partial charge is 0.478 e. The molecule has 3 N–H and O–H groups in total. The SMILES string of the molecule is COCCOCCOCc1cccc(N)c1C(=O)O. The van der Waals surface area contributed by atoms with Gasteiger partial charge in [-0.2, -0.15) is 0 Å². The van der Waals surface area contributed by atoms with Gasteiger partial charge in [0.25, 0.3) is 0 Å². The fraction of sp³-hybridized carbons (Fsp3) is 0.462. The van der Waals surface area contributed by atoms with Crippen molar-refractivity contribution in [1.29, 1.82) is 0 Å². The number of nitrogens with two attached hydrogens (primary N) is 1. The highest BCUT2D eigenvalue weighted by molar-refractivity contribution is 5.95. The quantitative estimate of drug-likeness (QED) is 0.516. The standard InChI is InChI=1S/C13H19NO5/c1-17-5-6-18-7-8-19-9-10-3-2-4-11(14)12(10)13(15)16/h2-4H,5-9,14H2,1H3,(H,15,16). The number of aromatic carboxylic acids is 1. The van der Waals surface area contributed by atoms with E-state index >= 15 is 0 Å². The van der Waals surface area contributed by atoms with Gasteiger partial charge in [-0.15, -0.1) is 0 Å². The number of carbonyl (C=O) groups is 1. The lowest BCUT2D eigenvalue weighted by molar-refractivity contribution is 0.0197. The van der Waals surface area contributed by atoms with Gasteiger partial charge in [-0.3, -0.25) is 0 Å². The summed E-state index contributed by atoms with van der Waals surface area (Å²) >= 11 is 0. The van der Waals surface area contributed by atoms with Crippen LogP contribution in [0.25, 0.3) is 0 Å². The first-order valence-corrected chi connectivity index (χ1v) is 5.92. The Morgan fingerprint density at radius 3 is 2.58 bits per heavy atom. The summed E-state index contributed by atoms with van der Waals surface area (Å²) in [6, 6.07) is 4.95. The number of methoxy groups -OCH3 is 1. The molecule has 0 aromatic heterocycles. The summed E-state index contributed by atoms with van der Waals surface area (Å²) < 4.78 is 15.4. The van der Waals surface area contributed by atoms with Crippen LogP contribution in [-0.2, 0) is 20.8 Å². The normalized spacial score (nSPS) is 10.6. The second-order valence-corrected chi connectivity index (χ2v) is 3.84. The maximum atomic E-state index is 11.1. The Labute approximate surface area is 112 Å². The van der Waals surface area contributed by atoms with E-state index < -0.39 is 5.97 Å². The number of rotatable bonds is 9. The van der Waals surface area contributed by atoms with Gasteiger partial charge in [0.1, 0.15) is 0 Å². The zero-order valence-electron chi connectivity index (χ0n) is 10.9. The minimum Gasteiger partial charge on any atom is -0.478 e. The topological polar surface area (TPSA) is 91.0 Å². The van der Waals surface area contributed by atoms with Crippen molar-refractivity contribution in [2.45, 2.75) is 6.61 Å². The molecular weight excluding hydrogens is 250 g/mol. The summed E-state index contributed by atoms with van der Waals surface area (Å²) in [7, 11) is 1.60. The molecule has 0 heterocycles. The van der Waals surface area contributed by atoms with E-state index in [0.29, 0.717) is 32.0 Å². The molecule has 19 heavy (non-hydrogen) atoms. The van der Waals surface area contributed by atoms with Crippen molar-refractivity contribution in [2.24, 2.45) is 0 Å². The van der Waals surface area contributed by atoms with Crippen LogP contribution in [0.5, 0.6) is 0 Å².